The third-order valence-electron chi connectivity index (χ3n) is 5.25. The van der Waals surface area contributed by atoms with E-state index >= 15 is 4.39 Å². The molecule has 1 aromatic heterocycles. The van der Waals surface area contributed by atoms with Crippen LogP contribution in [0.5, 0.6) is 0 Å². The minimum atomic E-state index is -0.937. The predicted octanol–water partition coefficient (Wildman–Crippen LogP) is 5.07. The fraction of sp³-hybridized carbons (Fsp3) is 0.522. The first-order valence-corrected chi connectivity index (χ1v) is 10.9. The maximum absolute atomic E-state index is 15.1. The number of aryl methyl sites for hydroxylation is 1. The number of carboxylic acids is 1. The molecule has 1 saturated carbocycles. The van der Waals surface area contributed by atoms with Crippen molar-refractivity contribution in [2.24, 2.45) is 17.8 Å². The minimum Gasteiger partial charge on any atom is -0.481 e. The maximum Gasteiger partial charge on any atom is 0.326 e. The van der Waals surface area contributed by atoms with Crippen molar-refractivity contribution in [2.45, 2.75) is 47.0 Å². The zero-order valence-electron chi connectivity index (χ0n) is 19.1. The fourth-order valence-electron chi connectivity index (χ4n) is 3.88. The summed E-state index contributed by atoms with van der Waals surface area (Å²) in [5, 5.41) is 18.4. The van der Waals surface area contributed by atoms with Gasteiger partial charge in [0.25, 0.3) is 0 Å². The molecular formula is C23H31FN4O4. The van der Waals surface area contributed by atoms with Gasteiger partial charge >= 0.3 is 12.0 Å². The Bertz CT molecular complexity index is 978. The Morgan fingerprint density at radius 3 is 2.34 bits per heavy atom. The lowest BCUT2D eigenvalue weighted by molar-refractivity contribution is -0.138. The van der Waals surface area contributed by atoms with Gasteiger partial charge in [0.2, 0.25) is 5.88 Å². The van der Waals surface area contributed by atoms with Gasteiger partial charge in [-0.1, -0.05) is 32.9 Å². The summed E-state index contributed by atoms with van der Waals surface area (Å²) in [7, 11) is 0. The Kier molecular flexibility index (Phi) is 7.06. The molecule has 0 saturated heterocycles. The van der Waals surface area contributed by atoms with Crippen molar-refractivity contribution in [1.29, 1.82) is 0 Å². The first-order chi connectivity index (χ1) is 15.0. The largest absolute Gasteiger partial charge is 0.481 e. The zero-order chi connectivity index (χ0) is 23.6. The van der Waals surface area contributed by atoms with Gasteiger partial charge in [0.15, 0.2) is 0 Å². The smallest absolute Gasteiger partial charge is 0.326 e. The molecule has 32 heavy (non-hydrogen) atoms. The first-order valence-electron chi connectivity index (χ1n) is 10.9. The molecule has 0 spiro atoms. The molecule has 2 amide bonds. The van der Waals surface area contributed by atoms with Crippen LogP contribution in [0.15, 0.2) is 22.7 Å². The lowest BCUT2D eigenvalue weighted by Crippen LogP contribution is -2.33. The fourth-order valence-corrected chi connectivity index (χ4v) is 3.88. The third kappa shape index (κ3) is 5.77. The molecule has 2 aromatic rings. The van der Waals surface area contributed by atoms with Crippen molar-refractivity contribution in [3.63, 3.8) is 0 Å². The summed E-state index contributed by atoms with van der Waals surface area (Å²) in [6.45, 7) is 11.4. The second-order valence-corrected chi connectivity index (χ2v) is 9.28. The second kappa shape index (κ2) is 9.58. The highest BCUT2D eigenvalue weighted by molar-refractivity contribution is 6.01. The minimum absolute atomic E-state index is 0.193. The number of hydrogen-bond acceptors (Lipinski definition) is 5. The molecule has 1 aromatic carbocycles. The van der Waals surface area contributed by atoms with Crippen LogP contribution in [0, 0.1) is 30.5 Å². The Balaban J connectivity index is 1.95. The van der Waals surface area contributed by atoms with Gasteiger partial charge in [-0.15, -0.1) is 0 Å². The molecule has 0 aliphatic heterocycles. The maximum atomic E-state index is 15.1. The van der Waals surface area contributed by atoms with E-state index in [1.165, 1.54) is 6.07 Å². The SMILES string of the molecule is Cc1cc(NC(=O)Nc2cc(C3CC3C(=O)O)c(F)cc2N(CC(C)C)CC(C)C)on1. The average Bonchev–Trinajstić information content (AvgIpc) is 3.37. The number of halogens is 1. The normalized spacial score (nSPS) is 17.5. The Labute approximate surface area is 187 Å². The van der Waals surface area contributed by atoms with Crippen molar-refractivity contribution in [3.8, 4) is 0 Å². The van der Waals surface area contributed by atoms with E-state index in [-0.39, 0.29) is 5.88 Å². The quantitative estimate of drug-likeness (QED) is 0.496. The number of carbonyl (C=O) groups is 2. The number of benzene rings is 1. The lowest BCUT2D eigenvalue weighted by Gasteiger charge is -2.31. The summed E-state index contributed by atoms with van der Waals surface area (Å²) in [6.07, 6.45) is 0.385. The van der Waals surface area contributed by atoms with Gasteiger partial charge in [-0.2, -0.15) is 0 Å². The van der Waals surface area contributed by atoms with E-state index < -0.39 is 29.7 Å². The van der Waals surface area contributed by atoms with Crippen molar-refractivity contribution in [1.82, 2.24) is 5.16 Å². The van der Waals surface area contributed by atoms with E-state index in [0.29, 0.717) is 54.0 Å². The van der Waals surface area contributed by atoms with Gasteiger partial charge < -0.3 is 19.8 Å². The predicted molar refractivity (Wildman–Crippen MR) is 121 cm³/mol. The first kappa shape index (κ1) is 23.6. The van der Waals surface area contributed by atoms with E-state index in [9.17, 15) is 14.7 Å². The van der Waals surface area contributed by atoms with Crippen LogP contribution in [-0.4, -0.2) is 35.4 Å². The summed E-state index contributed by atoms with van der Waals surface area (Å²) in [5.41, 5.74) is 1.91. The van der Waals surface area contributed by atoms with Crippen LogP contribution >= 0.6 is 0 Å². The molecular weight excluding hydrogens is 415 g/mol. The van der Waals surface area contributed by atoms with Gasteiger partial charge in [0.1, 0.15) is 5.82 Å². The molecule has 1 heterocycles. The molecule has 1 aliphatic rings. The van der Waals surface area contributed by atoms with Crippen molar-refractivity contribution in [2.75, 3.05) is 28.6 Å². The highest BCUT2D eigenvalue weighted by Gasteiger charge is 2.45. The Morgan fingerprint density at radius 1 is 1.19 bits per heavy atom. The molecule has 8 nitrogen and oxygen atoms in total. The Hall–Kier alpha value is -3.10. The lowest BCUT2D eigenvalue weighted by atomic mass is 10.0. The van der Waals surface area contributed by atoms with Gasteiger partial charge in [0.05, 0.1) is 23.0 Å². The highest BCUT2D eigenvalue weighted by atomic mass is 19.1. The molecule has 3 rings (SSSR count). The standard InChI is InChI=1S/C23H31FN4O4/c1-12(2)10-28(11-13(3)4)20-9-18(24)16(15-7-17(15)22(29)30)8-19(20)25-23(31)26-21-6-14(5)27-32-21/h6,8-9,12-13,15,17H,7,10-11H2,1-5H3,(H,29,30)(H2,25,26,31). The van der Waals surface area contributed by atoms with Gasteiger partial charge in [-0.05, 0) is 42.9 Å². The Morgan fingerprint density at radius 2 is 1.84 bits per heavy atom. The molecule has 2 atom stereocenters. The molecule has 3 N–H and O–H groups in total. The number of aromatic nitrogens is 1. The van der Waals surface area contributed by atoms with Gasteiger partial charge in [-0.3, -0.25) is 10.1 Å². The number of amides is 2. The van der Waals surface area contributed by atoms with Crippen LogP contribution in [0.2, 0.25) is 0 Å². The van der Waals surface area contributed by atoms with E-state index in [1.807, 2.05) is 0 Å². The number of aliphatic carboxylic acids is 1. The summed E-state index contributed by atoms with van der Waals surface area (Å²) < 4.78 is 20.1. The van der Waals surface area contributed by atoms with Crippen molar-refractivity contribution < 1.29 is 23.6 Å². The summed E-state index contributed by atoms with van der Waals surface area (Å²) in [4.78, 5) is 26.0. The number of carboxylic acid groups (broad SMARTS) is 1. The van der Waals surface area contributed by atoms with Gasteiger partial charge in [-0.25, -0.2) is 9.18 Å². The van der Waals surface area contributed by atoms with Crippen molar-refractivity contribution in [3.05, 3.63) is 35.3 Å². The molecule has 1 aliphatic carbocycles. The number of nitrogens with zero attached hydrogens (tertiary/aromatic N) is 2. The highest BCUT2D eigenvalue weighted by Crippen LogP contribution is 2.50. The van der Waals surface area contributed by atoms with E-state index in [1.54, 1.807) is 19.1 Å². The van der Waals surface area contributed by atoms with Crippen LogP contribution in [-0.2, 0) is 4.79 Å². The number of nitrogens with one attached hydrogen (secondary N) is 2. The molecule has 2 unspecified atom stereocenters. The van der Waals surface area contributed by atoms with Crippen LogP contribution in [0.25, 0.3) is 0 Å². The van der Waals surface area contributed by atoms with Crippen LogP contribution < -0.4 is 15.5 Å². The van der Waals surface area contributed by atoms with Crippen molar-refractivity contribution >= 4 is 29.3 Å². The van der Waals surface area contributed by atoms with E-state index in [0.717, 1.165) is 0 Å². The van der Waals surface area contributed by atoms with Gasteiger partial charge in [0, 0.05) is 25.1 Å². The van der Waals surface area contributed by atoms with Crippen LogP contribution in [0.1, 0.15) is 51.3 Å². The molecule has 174 valence electrons. The van der Waals surface area contributed by atoms with Crippen LogP contribution in [0.3, 0.4) is 0 Å². The number of carbonyl (C=O) groups excluding carboxylic acids is 1. The monoisotopic (exact) mass is 446 g/mol. The average molecular weight is 447 g/mol. The zero-order valence-corrected chi connectivity index (χ0v) is 19.1. The summed E-state index contributed by atoms with van der Waals surface area (Å²) >= 11 is 0. The number of hydrogen-bond donors (Lipinski definition) is 3. The third-order valence-corrected chi connectivity index (χ3v) is 5.25. The second-order valence-electron chi connectivity index (χ2n) is 9.28. The summed E-state index contributed by atoms with van der Waals surface area (Å²) in [5.74, 6) is -1.57. The molecule has 0 radical (unpaired) electrons. The number of rotatable bonds is 9. The molecule has 0 bridgehead atoms. The van der Waals surface area contributed by atoms with Crippen LogP contribution in [0.4, 0.5) is 26.4 Å². The molecule has 9 heteroatoms. The van der Waals surface area contributed by atoms with E-state index in [2.05, 4.69) is 48.4 Å². The van der Waals surface area contributed by atoms with E-state index in [4.69, 9.17) is 4.52 Å². The molecule has 1 fully saturated rings. The topological polar surface area (TPSA) is 108 Å². The number of anilines is 3. The summed E-state index contributed by atoms with van der Waals surface area (Å²) in [6, 6.07) is 4.00. The number of urea groups is 1.